The smallest absolute Gasteiger partial charge is 0.387 e. The van der Waals surface area contributed by atoms with Crippen molar-refractivity contribution in [1.29, 1.82) is 0 Å². The molecule has 6 heteroatoms. The number of aromatic nitrogens is 2. The molecular weight excluding hydrogens is 314 g/mol. The number of carbonyl (C=O) groups excluding carboxylic acids is 1. The average molecular weight is 331 g/mol. The van der Waals surface area contributed by atoms with E-state index in [0.29, 0.717) is 28.2 Å². The van der Waals surface area contributed by atoms with Crippen LogP contribution in [0, 0.1) is 6.92 Å². The number of halogens is 2. The summed E-state index contributed by atoms with van der Waals surface area (Å²) in [5.74, 6) is 0.602. The molecule has 4 nitrogen and oxygen atoms in total. The van der Waals surface area contributed by atoms with E-state index in [-0.39, 0.29) is 12.3 Å². The van der Waals surface area contributed by atoms with Crippen LogP contribution < -0.4 is 9.30 Å². The molecule has 124 valence electrons. The summed E-state index contributed by atoms with van der Waals surface area (Å²) in [5, 5.41) is 0. The lowest BCUT2D eigenvalue weighted by atomic mass is 10.1. The molecule has 0 aliphatic carbocycles. The molecule has 0 bridgehead atoms. The van der Waals surface area contributed by atoms with Crippen LogP contribution >= 0.6 is 0 Å². The van der Waals surface area contributed by atoms with Crippen molar-refractivity contribution in [2.45, 2.75) is 20.0 Å². The third-order valence-electron chi connectivity index (χ3n) is 4.08. The zero-order valence-corrected chi connectivity index (χ0v) is 13.4. The van der Waals surface area contributed by atoms with Gasteiger partial charge in [0.15, 0.2) is 17.6 Å². The first-order valence-electron chi connectivity index (χ1n) is 7.48. The Kier molecular flexibility index (Phi) is 4.29. The Bertz CT molecular complexity index is 903. The number of para-hydroxylation sites is 3. The highest BCUT2D eigenvalue weighted by atomic mass is 19.3. The highest BCUT2D eigenvalue weighted by Gasteiger charge is 2.28. The molecule has 0 atom stereocenters. The van der Waals surface area contributed by atoms with E-state index in [9.17, 15) is 13.6 Å². The number of hydrogen-bond donors (Lipinski definition) is 0. The summed E-state index contributed by atoms with van der Waals surface area (Å²) >= 11 is 0. The van der Waals surface area contributed by atoms with Crippen LogP contribution in [-0.4, -0.2) is 17.5 Å². The van der Waals surface area contributed by atoms with E-state index in [4.69, 9.17) is 4.74 Å². The van der Waals surface area contributed by atoms with E-state index in [0.717, 1.165) is 4.57 Å². The van der Waals surface area contributed by atoms with Gasteiger partial charge in [0.25, 0.3) is 5.82 Å². The second kappa shape index (κ2) is 6.39. The number of nitrogens with zero attached hydrogens (tertiary/aromatic N) is 2. The Morgan fingerprint density at radius 2 is 1.83 bits per heavy atom. The largest absolute Gasteiger partial charge is 0.496 e. The lowest BCUT2D eigenvalue weighted by Gasteiger charge is -2.06. The molecule has 0 N–H and O–H groups in total. The molecule has 24 heavy (non-hydrogen) atoms. The van der Waals surface area contributed by atoms with Gasteiger partial charge in [-0.05, 0) is 24.3 Å². The van der Waals surface area contributed by atoms with Gasteiger partial charge >= 0.3 is 6.55 Å². The molecule has 1 heterocycles. The third kappa shape index (κ3) is 2.64. The van der Waals surface area contributed by atoms with E-state index < -0.39 is 6.55 Å². The molecule has 0 amide bonds. The van der Waals surface area contributed by atoms with Gasteiger partial charge in [0.1, 0.15) is 5.75 Å². The Morgan fingerprint density at radius 3 is 2.54 bits per heavy atom. The number of benzene rings is 2. The fourth-order valence-corrected chi connectivity index (χ4v) is 2.92. The number of methoxy groups -OCH3 is 1. The first-order valence-corrected chi connectivity index (χ1v) is 7.48. The van der Waals surface area contributed by atoms with Crippen LogP contribution in [0.1, 0.15) is 22.7 Å². The maximum atomic E-state index is 13.4. The highest BCUT2D eigenvalue weighted by molar-refractivity contribution is 5.97. The summed E-state index contributed by atoms with van der Waals surface area (Å²) in [4.78, 5) is 12.7. The molecule has 3 aromatic rings. The van der Waals surface area contributed by atoms with Crippen molar-refractivity contribution < 1.29 is 22.9 Å². The molecule has 0 aliphatic rings. The quantitative estimate of drug-likeness (QED) is 0.530. The van der Waals surface area contributed by atoms with Gasteiger partial charge in [-0.15, -0.1) is 0 Å². The molecule has 0 unspecified atom stereocenters. The van der Waals surface area contributed by atoms with Gasteiger partial charge in [-0.1, -0.05) is 24.3 Å². The number of alkyl halides is 2. The van der Waals surface area contributed by atoms with Gasteiger partial charge in [0.05, 0.1) is 12.7 Å². The van der Waals surface area contributed by atoms with Gasteiger partial charge in [0.2, 0.25) is 5.78 Å². The number of hydrogen-bond acceptors (Lipinski definition) is 2. The minimum Gasteiger partial charge on any atom is -0.496 e. The Morgan fingerprint density at radius 1 is 1.17 bits per heavy atom. The first-order chi connectivity index (χ1) is 11.5. The SMILES string of the molecule is COc1ccccc1C(=O)C[n+]1c(C)n(C(F)F)c2ccccc21. The van der Waals surface area contributed by atoms with Crippen molar-refractivity contribution in [1.82, 2.24) is 4.57 Å². The van der Waals surface area contributed by atoms with Crippen LogP contribution in [0.15, 0.2) is 48.5 Å². The van der Waals surface area contributed by atoms with Crippen LogP contribution in [0.3, 0.4) is 0 Å². The van der Waals surface area contributed by atoms with Gasteiger partial charge in [-0.3, -0.25) is 4.79 Å². The summed E-state index contributed by atoms with van der Waals surface area (Å²) in [6.07, 6.45) is 0. The van der Waals surface area contributed by atoms with Crippen molar-refractivity contribution >= 4 is 16.8 Å². The first kappa shape index (κ1) is 16.1. The molecule has 0 saturated heterocycles. The van der Waals surface area contributed by atoms with Crippen molar-refractivity contribution in [3.8, 4) is 5.75 Å². The van der Waals surface area contributed by atoms with Gasteiger partial charge < -0.3 is 4.74 Å². The maximum absolute atomic E-state index is 13.4. The van der Waals surface area contributed by atoms with Crippen molar-refractivity contribution in [2.75, 3.05) is 7.11 Å². The molecule has 3 rings (SSSR count). The molecule has 0 fully saturated rings. The number of imidazole rings is 1. The van der Waals surface area contributed by atoms with Crippen LogP contribution in [0.4, 0.5) is 8.78 Å². The van der Waals surface area contributed by atoms with E-state index >= 15 is 0 Å². The Hall–Kier alpha value is -2.76. The molecule has 2 aromatic carbocycles. The van der Waals surface area contributed by atoms with Crippen molar-refractivity contribution in [2.24, 2.45) is 0 Å². The minimum atomic E-state index is -2.67. The fraction of sp³-hybridized carbons (Fsp3) is 0.222. The summed E-state index contributed by atoms with van der Waals surface area (Å²) in [5.41, 5.74) is 1.43. The zero-order valence-electron chi connectivity index (χ0n) is 13.4. The summed E-state index contributed by atoms with van der Waals surface area (Å²) in [6.45, 7) is -1.12. The van der Waals surface area contributed by atoms with Gasteiger partial charge in [0, 0.05) is 6.92 Å². The van der Waals surface area contributed by atoms with E-state index in [1.165, 1.54) is 7.11 Å². The topological polar surface area (TPSA) is 35.1 Å². The lowest BCUT2D eigenvalue weighted by molar-refractivity contribution is -0.664. The van der Waals surface area contributed by atoms with E-state index in [1.807, 2.05) is 0 Å². The van der Waals surface area contributed by atoms with Crippen molar-refractivity contribution in [3.05, 3.63) is 59.9 Å². The predicted octanol–water partition coefficient (Wildman–Crippen LogP) is 3.52. The molecule has 0 aliphatic heterocycles. The lowest BCUT2D eigenvalue weighted by Crippen LogP contribution is -2.40. The fourth-order valence-electron chi connectivity index (χ4n) is 2.92. The van der Waals surface area contributed by atoms with Crippen LogP contribution in [0.5, 0.6) is 5.75 Å². The number of ether oxygens (including phenoxy) is 1. The van der Waals surface area contributed by atoms with Gasteiger partial charge in [-0.2, -0.15) is 13.3 Å². The number of carbonyl (C=O) groups is 1. The summed E-state index contributed by atoms with van der Waals surface area (Å²) in [6, 6.07) is 13.7. The van der Waals surface area contributed by atoms with Crippen molar-refractivity contribution in [3.63, 3.8) is 0 Å². The number of ketones is 1. The zero-order chi connectivity index (χ0) is 17.3. The Balaban J connectivity index is 2.07. The normalized spacial score (nSPS) is 11.2. The highest BCUT2D eigenvalue weighted by Crippen LogP contribution is 2.22. The molecule has 0 radical (unpaired) electrons. The minimum absolute atomic E-state index is 0.0353. The van der Waals surface area contributed by atoms with Crippen LogP contribution in [0.2, 0.25) is 0 Å². The van der Waals surface area contributed by atoms with Crippen LogP contribution in [-0.2, 0) is 6.54 Å². The number of fused-ring (bicyclic) bond motifs is 1. The second-order valence-corrected chi connectivity index (χ2v) is 5.39. The monoisotopic (exact) mass is 331 g/mol. The standard InChI is InChI=1S/C18H17F2N2O2/c1-12-21(11-16(23)13-7-3-6-10-17(13)24-2)14-8-4-5-9-15(14)22(12)18(19)20/h3-10,18H,11H2,1-2H3/q+1. The van der Waals surface area contributed by atoms with Gasteiger partial charge in [-0.25, -0.2) is 4.57 Å². The summed E-state index contributed by atoms with van der Waals surface area (Å²) < 4.78 is 34.5. The molecule has 0 saturated carbocycles. The maximum Gasteiger partial charge on any atom is 0.387 e. The van der Waals surface area contributed by atoms with E-state index in [2.05, 4.69) is 0 Å². The van der Waals surface area contributed by atoms with E-state index in [1.54, 1.807) is 60.0 Å². The second-order valence-electron chi connectivity index (χ2n) is 5.39. The van der Waals surface area contributed by atoms with Crippen LogP contribution in [0.25, 0.3) is 11.0 Å². The predicted molar refractivity (Wildman–Crippen MR) is 85.4 cm³/mol. The molecule has 0 spiro atoms. The molecular formula is C18H17F2N2O2+. The number of rotatable bonds is 5. The average Bonchev–Trinajstić information content (AvgIpc) is 2.87. The third-order valence-corrected chi connectivity index (χ3v) is 4.08. The summed E-state index contributed by atoms with van der Waals surface area (Å²) in [7, 11) is 1.49. The number of Topliss-reactive ketones (excluding diaryl/α,β-unsaturated/α-hetero) is 1. The molecule has 1 aromatic heterocycles. The Labute approximate surface area is 137 Å².